The molecule has 1 aromatic heterocycles. The van der Waals surface area contributed by atoms with Gasteiger partial charge in [-0.1, -0.05) is 24.3 Å². The number of halogens is 1. The van der Waals surface area contributed by atoms with Gasteiger partial charge in [-0.15, -0.1) is 0 Å². The minimum atomic E-state index is -0.625. The average molecular weight is 410 g/mol. The van der Waals surface area contributed by atoms with Crippen LogP contribution in [0.15, 0.2) is 47.4 Å². The molecule has 4 rings (SSSR count). The Morgan fingerprint density at radius 2 is 1.86 bits per heavy atom. The zero-order valence-electron chi connectivity index (χ0n) is 16.0. The fourth-order valence-corrected chi connectivity index (χ4v) is 3.77. The first-order chi connectivity index (χ1) is 14.0. The van der Waals surface area contributed by atoms with Crippen molar-refractivity contribution < 1.29 is 13.9 Å². The van der Waals surface area contributed by atoms with Crippen molar-refractivity contribution in [1.82, 2.24) is 15.3 Å². The van der Waals surface area contributed by atoms with Crippen LogP contribution >= 0.6 is 11.9 Å². The van der Waals surface area contributed by atoms with Crippen LogP contribution < -0.4 is 14.8 Å². The molecule has 2 N–H and O–H groups in total. The highest BCUT2D eigenvalue weighted by Gasteiger charge is 2.21. The van der Waals surface area contributed by atoms with Crippen LogP contribution in [0.1, 0.15) is 21.5 Å². The molecule has 0 fully saturated rings. The van der Waals surface area contributed by atoms with Gasteiger partial charge in [0.05, 0.1) is 6.54 Å². The standard InChI is InChI=1S/C21H19FN4O2S/c1-12-5-3-6-13(2)16(12)18-17(22)20-25-21(24-18)26-29-15-8-4-7-14(11-15)19(27)23-9-10-28-20/h3-8,11H,9-10H2,1-2H3,(H,23,27)(H,24,25,26). The lowest BCUT2D eigenvalue weighted by atomic mass is 9.99. The largest absolute Gasteiger partial charge is 0.474 e. The average Bonchev–Trinajstić information content (AvgIpc) is 2.72. The van der Waals surface area contributed by atoms with Crippen LogP contribution in [0.25, 0.3) is 11.3 Å². The van der Waals surface area contributed by atoms with E-state index in [2.05, 4.69) is 20.0 Å². The second-order valence-electron chi connectivity index (χ2n) is 6.62. The van der Waals surface area contributed by atoms with Gasteiger partial charge in [0.2, 0.25) is 11.8 Å². The predicted octanol–water partition coefficient (Wildman–Crippen LogP) is 4.14. The zero-order valence-corrected chi connectivity index (χ0v) is 16.8. The topological polar surface area (TPSA) is 76.1 Å². The van der Waals surface area contributed by atoms with E-state index >= 15 is 4.39 Å². The Morgan fingerprint density at radius 1 is 1.10 bits per heavy atom. The van der Waals surface area contributed by atoms with E-state index < -0.39 is 5.82 Å². The van der Waals surface area contributed by atoms with Crippen LogP contribution in [0.2, 0.25) is 0 Å². The van der Waals surface area contributed by atoms with E-state index in [9.17, 15) is 4.79 Å². The number of anilines is 1. The number of benzene rings is 2. The highest BCUT2D eigenvalue weighted by molar-refractivity contribution is 8.00. The van der Waals surface area contributed by atoms with Crippen LogP contribution in [0.4, 0.5) is 10.3 Å². The number of carbonyl (C=O) groups is 1. The zero-order chi connectivity index (χ0) is 20.4. The molecule has 3 aromatic rings. The van der Waals surface area contributed by atoms with Gasteiger partial charge in [-0.3, -0.25) is 9.52 Å². The SMILES string of the molecule is Cc1cccc(C)c1-c1nc2nc(c1F)OCCNC(=O)c1cccc(c1)SN2. The first-order valence-electron chi connectivity index (χ1n) is 9.11. The van der Waals surface area contributed by atoms with Gasteiger partial charge in [0.15, 0.2) is 0 Å². The normalized spacial score (nSPS) is 13.8. The molecule has 148 valence electrons. The predicted molar refractivity (Wildman–Crippen MR) is 111 cm³/mol. The molecule has 1 amide bonds. The van der Waals surface area contributed by atoms with Gasteiger partial charge in [0.1, 0.15) is 12.3 Å². The summed E-state index contributed by atoms with van der Waals surface area (Å²) in [5.41, 5.74) is 3.24. The summed E-state index contributed by atoms with van der Waals surface area (Å²) in [7, 11) is 0. The Kier molecular flexibility index (Phi) is 5.35. The number of fused-ring (bicyclic) bond motifs is 4. The van der Waals surface area contributed by atoms with Gasteiger partial charge < -0.3 is 10.1 Å². The first-order valence-corrected chi connectivity index (χ1v) is 9.92. The Hall–Kier alpha value is -3.13. The smallest absolute Gasteiger partial charge is 0.256 e. The molecule has 0 saturated heterocycles. The molecule has 0 aliphatic carbocycles. The Bertz CT molecular complexity index is 1070. The summed E-state index contributed by atoms with van der Waals surface area (Å²) in [5.74, 6) is -0.765. The van der Waals surface area contributed by atoms with E-state index in [-0.39, 0.29) is 36.6 Å². The van der Waals surface area contributed by atoms with Crippen LogP contribution in [-0.2, 0) is 0 Å². The molecule has 29 heavy (non-hydrogen) atoms. The van der Waals surface area contributed by atoms with E-state index in [1.54, 1.807) is 18.2 Å². The summed E-state index contributed by atoms with van der Waals surface area (Å²) in [6.07, 6.45) is 0. The minimum Gasteiger partial charge on any atom is -0.474 e. The number of aromatic nitrogens is 2. The number of aryl methyl sites for hydroxylation is 2. The van der Waals surface area contributed by atoms with Crippen molar-refractivity contribution in [1.29, 1.82) is 0 Å². The van der Waals surface area contributed by atoms with Crippen molar-refractivity contribution in [2.45, 2.75) is 18.7 Å². The number of nitrogens with zero attached hydrogens (tertiary/aromatic N) is 2. The van der Waals surface area contributed by atoms with Crippen molar-refractivity contribution in [3.05, 3.63) is 65.0 Å². The lowest BCUT2D eigenvalue weighted by Crippen LogP contribution is -2.28. The molecule has 6 nitrogen and oxygen atoms in total. The van der Waals surface area contributed by atoms with Crippen molar-refractivity contribution in [3.63, 3.8) is 0 Å². The van der Waals surface area contributed by atoms with Gasteiger partial charge >= 0.3 is 0 Å². The molecule has 4 bridgehead atoms. The molecule has 2 aromatic carbocycles. The van der Waals surface area contributed by atoms with E-state index in [0.29, 0.717) is 11.1 Å². The van der Waals surface area contributed by atoms with Gasteiger partial charge in [-0.2, -0.15) is 9.37 Å². The molecular weight excluding hydrogens is 391 g/mol. The number of hydrogen-bond acceptors (Lipinski definition) is 6. The lowest BCUT2D eigenvalue weighted by Gasteiger charge is -2.14. The molecule has 0 saturated carbocycles. The number of hydrogen-bond donors (Lipinski definition) is 2. The monoisotopic (exact) mass is 410 g/mol. The van der Waals surface area contributed by atoms with Crippen molar-refractivity contribution >= 4 is 23.8 Å². The molecule has 1 aliphatic rings. The van der Waals surface area contributed by atoms with E-state index in [4.69, 9.17) is 4.74 Å². The Labute approximate surface area is 172 Å². The second kappa shape index (κ2) is 8.08. The third-order valence-corrected chi connectivity index (χ3v) is 5.30. The molecule has 1 aliphatic heterocycles. The summed E-state index contributed by atoms with van der Waals surface area (Å²) < 4.78 is 23.8. The first kappa shape index (κ1) is 19.2. The molecule has 0 radical (unpaired) electrons. The maximum absolute atomic E-state index is 15.2. The number of amides is 1. The Morgan fingerprint density at radius 3 is 2.66 bits per heavy atom. The van der Waals surface area contributed by atoms with E-state index in [1.807, 2.05) is 38.1 Å². The van der Waals surface area contributed by atoms with E-state index in [1.165, 1.54) is 11.9 Å². The van der Waals surface area contributed by atoms with Crippen LogP contribution in [0.5, 0.6) is 5.88 Å². The summed E-state index contributed by atoms with van der Waals surface area (Å²) >= 11 is 1.24. The van der Waals surface area contributed by atoms with Gasteiger partial charge in [0, 0.05) is 16.0 Å². The molecule has 0 spiro atoms. The number of ether oxygens (including phenoxy) is 1. The van der Waals surface area contributed by atoms with E-state index in [0.717, 1.165) is 16.0 Å². The highest BCUT2D eigenvalue weighted by Crippen LogP contribution is 2.33. The third-order valence-electron chi connectivity index (χ3n) is 4.52. The van der Waals surface area contributed by atoms with Crippen molar-refractivity contribution in [2.24, 2.45) is 0 Å². The highest BCUT2D eigenvalue weighted by atomic mass is 32.2. The second-order valence-corrected chi connectivity index (χ2v) is 7.50. The molecule has 2 heterocycles. The summed E-state index contributed by atoms with van der Waals surface area (Å²) in [4.78, 5) is 21.7. The summed E-state index contributed by atoms with van der Waals surface area (Å²) in [6, 6.07) is 12.9. The van der Waals surface area contributed by atoms with Crippen molar-refractivity contribution in [2.75, 3.05) is 17.9 Å². The molecule has 0 atom stereocenters. The fourth-order valence-electron chi connectivity index (χ4n) is 3.14. The van der Waals surface area contributed by atoms with Crippen LogP contribution in [-0.4, -0.2) is 29.0 Å². The lowest BCUT2D eigenvalue weighted by molar-refractivity contribution is 0.0946. The third kappa shape index (κ3) is 4.02. The fraction of sp³-hybridized carbons (Fsp3) is 0.190. The number of rotatable bonds is 1. The summed E-state index contributed by atoms with van der Waals surface area (Å²) in [6.45, 7) is 4.13. The number of carbonyl (C=O) groups excluding carboxylic acids is 1. The van der Waals surface area contributed by atoms with Crippen LogP contribution in [0.3, 0.4) is 0 Å². The Balaban J connectivity index is 1.79. The summed E-state index contributed by atoms with van der Waals surface area (Å²) in [5, 5.41) is 2.76. The maximum atomic E-state index is 15.2. The minimum absolute atomic E-state index is 0.0815. The molecule has 8 heteroatoms. The van der Waals surface area contributed by atoms with Crippen LogP contribution in [0, 0.1) is 19.7 Å². The quantitative estimate of drug-likeness (QED) is 0.587. The molecule has 0 unspecified atom stereocenters. The van der Waals surface area contributed by atoms with Crippen molar-refractivity contribution in [3.8, 4) is 17.1 Å². The van der Waals surface area contributed by atoms with Gasteiger partial charge in [-0.05, 0) is 55.1 Å². The van der Waals surface area contributed by atoms with Gasteiger partial charge in [-0.25, -0.2) is 4.98 Å². The molecular formula is C21H19FN4O2S. The maximum Gasteiger partial charge on any atom is 0.256 e. The number of nitrogens with one attached hydrogen (secondary N) is 2. The van der Waals surface area contributed by atoms with Gasteiger partial charge in [0.25, 0.3) is 11.8 Å².